The summed E-state index contributed by atoms with van der Waals surface area (Å²) in [5.41, 5.74) is 9.90. The molecule has 0 heteroatoms. The van der Waals surface area contributed by atoms with Crippen LogP contribution in [-0.4, -0.2) is 0 Å². The summed E-state index contributed by atoms with van der Waals surface area (Å²) >= 11 is 0. The third-order valence-corrected chi connectivity index (χ3v) is 10.8. The molecule has 0 saturated heterocycles. The first kappa shape index (κ1) is 25.4. The Morgan fingerprint density at radius 1 is 0.622 bits per heavy atom. The number of hydrogen-bond donors (Lipinski definition) is 0. The van der Waals surface area contributed by atoms with Crippen molar-refractivity contribution < 1.29 is 0 Å². The molecule has 8 aromatic carbocycles. The molecule has 0 aromatic heterocycles. The van der Waals surface area contributed by atoms with Crippen LogP contribution in [0, 0.1) is 5.92 Å². The van der Waals surface area contributed by atoms with Crippen molar-refractivity contribution in [3.63, 3.8) is 0 Å². The number of hydrogen-bond acceptors (Lipinski definition) is 0. The highest BCUT2D eigenvalue weighted by atomic mass is 14.5. The van der Waals surface area contributed by atoms with E-state index < -0.39 is 0 Å². The molecule has 8 aromatic rings. The molecular weight excluding hydrogens is 540 g/mol. The monoisotopic (exact) mass is 574 g/mol. The molecule has 2 atom stereocenters. The van der Waals surface area contributed by atoms with E-state index in [1.165, 1.54) is 99.7 Å². The van der Waals surface area contributed by atoms with Crippen LogP contribution in [0.15, 0.2) is 121 Å². The van der Waals surface area contributed by atoms with Gasteiger partial charge in [-0.3, -0.25) is 0 Å². The van der Waals surface area contributed by atoms with E-state index in [2.05, 4.69) is 135 Å². The maximum Gasteiger partial charge on any atom is -0.00206 e. The van der Waals surface area contributed by atoms with Crippen LogP contribution in [0.1, 0.15) is 55.7 Å². The Morgan fingerprint density at radius 3 is 2.00 bits per heavy atom. The highest BCUT2D eigenvalue weighted by molar-refractivity contribution is 6.25. The van der Waals surface area contributed by atoms with Gasteiger partial charge in [-0.1, -0.05) is 122 Å². The van der Waals surface area contributed by atoms with Gasteiger partial charge in [-0.25, -0.2) is 0 Å². The highest BCUT2D eigenvalue weighted by Gasteiger charge is 2.45. The van der Waals surface area contributed by atoms with Crippen LogP contribution in [0.2, 0.25) is 0 Å². The average molecular weight is 575 g/mol. The van der Waals surface area contributed by atoms with Crippen LogP contribution in [0.3, 0.4) is 0 Å². The Morgan fingerprint density at radius 2 is 1.24 bits per heavy atom. The lowest BCUT2D eigenvalue weighted by Crippen LogP contribution is -2.16. The van der Waals surface area contributed by atoms with Gasteiger partial charge in [-0.15, -0.1) is 0 Å². The SMILES string of the molecule is CCC/C(C)=C/c1cc(C2=c3ccc4cccc5ccc(c3c54)C3CC23)cc(-c2ccc3ccc4cccc5ccc2c3c45)c1. The minimum absolute atomic E-state index is 0.588. The van der Waals surface area contributed by atoms with E-state index in [4.69, 9.17) is 0 Å². The molecule has 1 fully saturated rings. The van der Waals surface area contributed by atoms with E-state index in [1.807, 2.05) is 0 Å². The van der Waals surface area contributed by atoms with Crippen LogP contribution < -0.4 is 5.22 Å². The maximum absolute atomic E-state index is 2.51. The molecule has 2 aliphatic rings. The number of benzene rings is 8. The first-order chi connectivity index (χ1) is 22.2. The molecule has 45 heavy (non-hydrogen) atoms. The predicted octanol–water partition coefficient (Wildman–Crippen LogP) is 11.8. The van der Waals surface area contributed by atoms with Gasteiger partial charge in [0.15, 0.2) is 0 Å². The Labute approximate surface area is 263 Å². The van der Waals surface area contributed by atoms with Gasteiger partial charge < -0.3 is 0 Å². The number of fused-ring (bicyclic) bond motifs is 2. The Hall–Kier alpha value is -4.94. The fourth-order valence-electron chi connectivity index (χ4n) is 8.85. The van der Waals surface area contributed by atoms with Gasteiger partial charge in [0.2, 0.25) is 0 Å². The zero-order chi connectivity index (χ0) is 29.8. The fraction of sp³-hybridized carbons (Fsp3) is 0.156. The lowest BCUT2D eigenvalue weighted by Gasteiger charge is -2.21. The minimum atomic E-state index is 0.588. The molecule has 214 valence electrons. The summed E-state index contributed by atoms with van der Waals surface area (Å²) in [4.78, 5) is 0. The zero-order valence-corrected chi connectivity index (χ0v) is 25.8. The van der Waals surface area contributed by atoms with Crippen molar-refractivity contribution in [1.29, 1.82) is 0 Å². The number of allylic oxidation sites excluding steroid dienone is 1. The van der Waals surface area contributed by atoms with Gasteiger partial charge >= 0.3 is 0 Å². The standard InChI is InChI=1S/C45H34/c1-3-6-26(2)21-27-22-33(35-17-13-32-12-11-28-7-4-8-29-14-18-36(35)44(32)41(28)29)24-34(23-27)43-38-20-16-31-10-5-9-30-15-19-37(39-25-40(39)43)45(38)42(30)31/h4-5,7-24,39-40H,3,6,25H2,1-2H3/b26-21+. The van der Waals surface area contributed by atoms with Gasteiger partial charge in [-0.2, -0.15) is 0 Å². The predicted molar refractivity (Wildman–Crippen MR) is 194 cm³/mol. The normalized spacial score (nSPS) is 17.7. The van der Waals surface area contributed by atoms with Crippen molar-refractivity contribution in [2.45, 2.75) is 39.0 Å². The van der Waals surface area contributed by atoms with Crippen molar-refractivity contribution >= 4 is 65.5 Å². The van der Waals surface area contributed by atoms with Crippen LogP contribution in [0.25, 0.3) is 76.6 Å². The summed E-state index contributed by atoms with van der Waals surface area (Å²) in [6.45, 7) is 4.57. The first-order valence-corrected chi connectivity index (χ1v) is 16.6. The third kappa shape index (κ3) is 3.66. The van der Waals surface area contributed by atoms with Crippen molar-refractivity contribution in [3.05, 3.63) is 143 Å². The van der Waals surface area contributed by atoms with E-state index in [0.717, 1.165) is 6.42 Å². The molecular formula is C45H34. The summed E-state index contributed by atoms with van der Waals surface area (Å²) in [5, 5.41) is 15.2. The van der Waals surface area contributed by atoms with Gasteiger partial charge in [0.05, 0.1) is 0 Å². The molecule has 2 aliphatic carbocycles. The van der Waals surface area contributed by atoms with E-state index in [9.17, 15) is 0 Å². The lowest BCUT2D eigenvalue weighted by molar-refractivity contribution is 0.911. The molecule has 2 unspecified atom stereocenters. The Balaban J connectivity index is 1.28. The molecule has 0 nitrogen and oxygen atoms in total. The van der Waals surface area contributed by atoms with Gasteiger partial charge in [0, 0.05) is 0 Å². The second-order valence-electron chi connectivity index (χ2n) is 13.6. The largest absolute Gasteiger partial charge is 0.0727 e. The van der Waals surface area contributed by atoms with Crippen molar-refractivity contribution in [3.8, 4) is 11.1 Å². The molecule has 0 spiro atoms. The topological polar surface area (TPSA) is 0 Å². The summed E-state index contributed by atoms with van der Waals surface area (Å²) in [6.07, 6.45) is 5.97. The summed E-state index contributed by atoms with van der Waals surface area (Å²) < 4.78 is 0. The van der Waals surface area contributed by atoms with Crippen LogP contribution in [0.5, 0.6) is 0 Å². The lowest BCUT2D eigenvalue weighted by atomic mass is 9.83. The van der Waals surface area contributed by atoms with Crippen LogP contribution in [-0.2, 0) is 0 Å². The van der Waals surface area contributed by atoms with Gasteiger partial charge in [0.25, 0.3) is 0 Å². The quantitative estimate of drug-likeness (QED) is 0.179. The van der Waals surface area contributed by atoms with E-state index in [1.54, 1.807) is 11.1 Å². The summed E-state index contributed by atoms with van der Waals surface area (Å²) in [7, 11) is 0. The molecule has 10 rings (SSSR count). The van der Waals surface area contributed by atoms with Crippen molar-refractivity contribution in [2.24, 2.45) is 5.92 Å². The smallest absolute Gasteiger partial charge is 0.00206 e. The number of rotatable bonds is 5. The second kappa shape index (κ2) is 9.29. The Kier molecular flexibility index (Phi) is 5.24. The fourth-order valence-corrected chi connectivity index (χ4v) is 8.85. The Bertz CT molecular complexity index is 2560. The first-order valence-electron chi connectivity index (χ1n) is 16.6. The molecule has 0 radical (unpaired) electrons. The van der Waals surface area contributed by atoms with Crippen molar-refractivity contribution in [1.82, 2.24) is 0 Å². The van der Waals surface area contributed by atoms with Crippen LogP contribution in [0.4, 0.5) is 0 Å². The molecule has 1 saturated carbocycles. The second-order valence-corrected chi connectivity index (χ2v) is 13.6. The van der Waals surface area contributed by atoms with E-state index >= 15 is 0 Å². The molecule has 0 bridgehead atoms. The zero-order valence-electron chi connectivity index (χ0n) is 25.8. The summed E-state index contributed by atoms with van der Waals surface area (Å²) in [5.74, 6) is 1.21. The molecule has 0 amide bonds. The third-order valence-electron chi connectivity index (χ3n) is 10.8. The molecule has 0 N–H and O–H groups in total. The van der Waals surface area contributed by atoms with Crippen LogP contribution >= 0.6 is 0 Å². The maximum atomic E-state index is 2.51. The minimum Gasteiger partial charge on any atom is -0.0727 e. The van der Waals surface area contributed by atoms with E-state index in [-0.39, 0.29) is 0 Å². The van der Waals surface area contributed by atoms with Crippen molar-refractivity contribution in [2.75, 3.05) is 0 Å². The van der Waals surface area contributed by atoms with Gasteiger partial charge in [-0.05, 0) is 142 Å². The van der Waals surface area contributed by atoms with Gasteiger partial charge in [0.1, 0.15) is 0 Å². The van der Waals surface area contributed by atoms with E-state index in [0.29, 0.717) is 11.8 Å². The average Bonchev–Trinajstić information content (AvgIpc) is 3.86. The molecule has 0 heterocycles. The highest BCUT2D eigenvalue weighted by Crippen LogP contribution is 2.58. The summed E-state index contributed by atoms with van der Waals surface area (Å²) in [6, 6.07) is 44.4. The molecule has 0 aliphatic heterocycles.